The molecule has 0 spiro atoms. The van der Waals surface area contributed by atoms with Gasteiger partial charge in [-0.1, -0.05) is 6.92 Å². The van der Waals surface area contributed by atoms with Gasteiger partial charge in [-0.15, -0.1) is 10.2 Å². The second-order valence-corrected chi connectivity index (χ2v) is 7.93. The van der Waals surface area contributed by atoms with Crippen molar-refractivity contribution in [1.82, 2.24) is 15.2 Å². The van der Waals surface area contributed by atoms with E-state index in [0.29, 0.717) is 28.2 Å². The van der Waals surface area contributed by atoms with Crippen LogP contribution in [-0.2, 0) is 0 Å². The molecule has 0 saturated carbocycles. The van der Waals surface area contributed by atoms with E-state index in [-0.39, 0.29) is 11.7 Å². The zero-order valence-electron chi connectivity index (χ0n) is 17.6. The van der Waals surface area contributed by atoms with Gasteiger partial charge in [-0.25, -0.2) is 4.98 Å². The van der Waals surface area contributed by atoms with Crippen LogP contribution < -0.4 is 10.1 Å². The first kappa shape index (κ1) is 19.7. The number of hydrogen-bond donors (Lipinski definition) is 2. The molecule has 1 fully saturated rings. The van der Waals surface area contributed by atoms with Crippen LogP contribution in [0.4, 0.5) is 5.82 Å². The van der Waals surface area contributed by atoms with Gasteiger partial charge in [-0.05, 0) is 24.3 Å². The van der Waals surface area contributed by atoms with Gasteiger partial charge in [0, 0.05) is 62.0 Å². The molecule has 3 aromatic rings. The first-order valence-electron chi connectivity index (χ1n) is 10.5. The molecule has 8 heteroatoms. The summed E-state index contributed by atoms with van der Waals surface area (Å²) in [6.45, 7) is 7.09. The first-order valence-corrected chi connectivity index (χ1v) is 10.5. The molecule has 2 aliphatic heterocycles. The van der Waals surface area contributed by atoms with E-state index in [4.69, 9.17) is 9.15 Å². The molecule has 2 aromatic heterocycles. The molecule has 1 unspecified atom stereocenters. The Labute approximate surface area is 180 Å². The number of aromatic nitrogens is 1. The lowest BCUT2D eigenvalue weighted by Gasteiger charge is -2.30. The highest BCUT2D eigenvalue weighted by molar-refractivity contribution is 5.95. The number of rotatable bonds is 5. The molecule has 0 bridgehead atoms. The lowest BCUT2D eigenvalue weighted by atomic mass is 9.97. The van der Waals surface area contributed by atoms with Gasteiger partial charge in [-0.2, -0.15) is 0 Å². The number of nitrogens with one attached hydrogen (secondary N) is 1. The molecule has 0 radical (unpaired) electrons. The third-order valence-corrected chi connectivity index (χ3v) is 5.89. The summed E-state index contributed by atoms with van der Waals surface area (Å²) in [7, 11) is 1.66. The molecule has 0 amide bonds. The maximum atomic E-state index is 10.9. The van der Waals surface area contributed by atoms with Crippen LogP contribution >= 0.6 is 0 Å². The average molecular weight is 419 g/mol. The largest absolute Gasteiger partial charge is 0.504 e. The van der Waals surface area contributed by atoms with Crippen molar-refractivity contribution in [3.63, 3.8) is 0 Å². The predicted octanol–water partition coefficient (Wildman–Crippen LogP) is 4.15. The Bertz CT molecular complexity index is 1180. The number of benzene rings is 1. The van der Waals surface area contributed by atoms with E-state index in [9.17, 15) is 5.11 Å². The third kappa shape index (κ3) is 3.58. The standard InChI is InChI=1S/C23H25N5O3/c1-14(13-28-10-8-24-9-11-28)20-18(30-2)6-5-16-21(29)19(31-22(16)20)12-17-15-4-3-7-25-23(15)27-26-17/h3-7,12,14,24,29H,8-11,13H2,1-2H3. The number of hydrogen-bond acceptors (Lipinski definition) is 8. The quantitative estimate of drug-likeness (QED) is 0.645. The van der Waals surface area contributed by atoms with Crippen LogP contribution in [0.15, 0.2) is 45.1 Å². The molecule has 5 rings (SSSR count). The van der Waals surface area contributed by atoms with Crippen molar-refractivity contribution in [2.75, 3.05) is 39.8 Å². The molecular formula is C23H25N5O3. The second-order valence-electron chi connectivity index (χ2n) is 7.93. The highest BCUT2D eigenvalue weighted by Gasteiger charge is 2.25. The highest BCUT2D eigenvalue weighted by Crippen LogP contribution is 2.43. The Balaban J connectivity index is 1.55. The van der Waals surface area contributed by atoms with Crippen LogP contribution in [-0.4, -0.2) is 54.8 Å². The van der Waals surface area contributed by atoms with Gasteiger partial charge in [0.25, 0.3) is 0 Å². The van der Waals surface area contributed by atoms with E-state index in [2.05, 4.69) is 32.4 Å². The molecule has 1 saturated heterocycles. The number of furan rings is 1. The van der Waals surface area contributed by atoms with Gasteiger partial charge >= 0.3 is 0 Å². The number of fused-ring (bicyclic) bond motifs is 2. The summed E-state index contributed by atoms with van der Waals surface area (Å²) in [6.07, 6.45) is 3.39. The molecule has 2 aliphatic rings. The number of piperazine rings is 1. The molecule has 0 aliphatic carbocycles. The van der Waals surface area contributed by atoms with Gasteiger partial charge in [0.05, 0.1) is 12.5 Å². The predicted molar refractivity (Wildman–Crippen MR) is 119 cm³/mol. The minimum atomic E-state index is 0.0910. The fourth-order valence-corrected chi connectivity index (χ4v) is 4.35. The van der Waals surface area contributed by atoms with Gasteiger partial charge in [-0.3, -0.25) is 0 Å². The van der Waals surface area contributed by atoms with E-state index >= 15 is 0 Å². The average Bonchev–Trinajstić information content (AvgIpc) is 3.35. The van der Waals surface area contributed by atoms with Crippen molar-refractivity contribution in [2.45, 2.75) is 12.8 Å². The van der Waals surface area contributed by atoms with Crippen LogP contribution in [0.2, 0.25) is 0 Å². The molecule has 4 heterocycles. The van der Waals surface area contributed by atoms with Gasteiger partial charge in [0.15, 0.2) is 17.3 Å². The smallest absolute Gasteiger partial charge is 0.183 e. The Morgan fingerprint density at radius 2 is 2.10 bits per heavy atom. The van der Waals surface area contributed by atoms with Crippen molar-refractivity contribution in [2.24, 2.45) is 10.2 Å². The second kappa shape index (κ2) is 8.13. The SMILES string of the molecule is COc1ccc2c(O)c(C=C3N=Nc4ncccc43)oc2c1C(C)CN1CCNCC1. The number of nitrogens with zero attached hydrogens (tertiary/aromatic N) is 4. The number of methoxy groups -OCH3 is 1. The fraction of sp³-hybridized carbons (Fsp3) is 0.348. The minimum absolute atomic E-state index is 0.0910. The summed E-state index contributed by atoms with van der Waals surface area (Å²) >= 11 is 0. The van der Waals surface area contributed by atoms with Crippen molar-refractivity contribution in [3.8, 4) is 11.5 Å². The summed E-state index contributed by atoms with van der Waals surface area (Å²) < 4.78 is 11.9. The maximum absolute atomic E-state index is 10.9. The number of ether oxygens (including phenoxy) is 1. The fourth-order valence-electron chi connectivity index (χ4n) is 4.35. The molecular weight excluding hydrogens is 394 g/mol. The molecule has 2 N–H and O–H groups in total. The molecule has 160 valence electrons. The first-order chi connectivity index (χ1) is 15.2. The summed E-state index contributed by atoms with van der Waals surface area (Å²) in [5, 5.41) is 23.2. The molecule has 8 nitrogen and oxygen atoms in total. The maximum Gasteiger partial charge on any atom is 0.183 e. The normalized spacial score (nSPS) is 18.6. The third-order valence-electron chi connectivity index (χ3n) is 5.89. The summed E-state index contributed by atoms with van der Waals surface area (Å²) in [4.78, 5) is 6.65. The Morgan fingerprint density at radius 3 is 2.90 bits per heavy atom. The highest BCUT2D eigenvalue weighted by atomic mass is 16.5. The van der Waals surface area contributed by atoms with Gasteiger partial charge in [0.1, 0.15) is 17.0 Å². The van der Waals surface area contributed by atoms with E-state index < -0.39 is 0 Å². The summed E-state index contributed by atoms with van der Waals surface area (Å²) in [6, 6.07) is 7.47. The van der Waals surface area contributed by atoms with Crippen LogP contribution in [0.5, 0.6) is 11.5 Å². The molecule has 31 heavy (non-hydrogen) atoms. The lowest BCUT2D eigenvalue weighted by Crippen LogP contribution is -2.44. The lowest BCUT2D eigenvalue weighted by molar-refractivity contribution is 0.229. The Kier molecular flexibility index (Phi) is 5.17. The van der Waals surface area contributed by atoms with Crippen LogP contribution in [0.1, 0.15) is 29.7 Å². The van der Waals surface area contributed by atoms with Crippen molar-refractivity contribution >= 4 is 28.6 Å². The molecule has 1 atom stereocenters. The van der Waals surface area contributed by atoms with E-state index in [1.165, 1.54) is 0 Å². The van der Waals surface area contributed by atoms with E-state index in [0.717, 1.165) is 49.6 Å². The van der Waals surface area contributed by atoms with Crippen molar-refractivity contribution < 1.29 is 14.3 Å². The van der Waals surface area contributed by atoms with Crippen LogP contribution in [0.25, 0.3) is 22.7 Å². The number of azo groups is 1. The van der Waals surface area contributed by atoms with Gasteiger partial charge < -0.3 is 24.5 Å². The van der Waals surface area contributed by atoms with E-state index in [1.54, 1.807) is 19.4 Å². The Hall–Kier alpha value is -3.23. The number of aromatic hydroxyl groups is 1. The van der Waals surface area contributed by atoms with Crippen molar-refractivity contribution in [3.05, 3.63) is 47.3 Å². The number of pyridine rings is 1. The summed E-state index contributed by atoms with van der Waals surface area (Å²) in [5.41, 5.74) is 3.04. The van der Waals surface area contributed by atoms with E-state index in [1.807, 2.05) is 24.3 Å². The topological polar surface area (TPSA) is 95.5 Å². The summed E-state index contributed by atoms with van der Waals surface area (Å²) in [5.74, 6) is 1.94. The zero-order chi connectivity index (χ0) is 21.4. The van der Waals surface area contributed by atoms with Crippen molar-refractivity contribution in [1.29, 1.82) is 0 Å². The Morgan fingerprint density at radius 1 is 1.26 bits per heavy atom. The molecule has 1 aromatic carbocycles. The minimum Gasteiger partial charge on any atom is -0.504 e. The monoisotopic (exact) mass is 419 g/mol. The zero-order valence-corrected chi connectivity index (χ0v) is 17.6. The van der Waals surface area contributed by atoms with Crippen LogP contribution in [0.3, 0.4) is 0 Å². The van der Waals surface area contributed by atoms with Gasteiger partial charge in [0.2, 0.25) is 0 Å². The van der Waals surface area contributed by atoms with Crippen LogP contribution in [0, 0.1) is 0 Å².